The average Bonchev–Trinajstić information content (AvgIpc) is 2.80. The van der Waals surface area contributed by atoms with E-state index in [9.17, 15) is 4.79 Å². The number of hydrogen-bond donors (Lipinski definition) is 0. The van der Waals surface area contributed by atoms with Crippen LogP contribution in [0.1, 0.15) is 19.8 Å². The van der Waals surface area contributed by atoms with E-state index < -0.39 is 0 Å². The molecule has 0 radical (unpaired) electrons. The van der Waals surface area contributed by atoms with Crippen molar-refractivity contribution in [1.29, 1.82) is 0 Å². The minimum absolute atomic E-state index is 0.284. The van der Waals surface area contributed by atoms with E-state index in [-0.39, 0.29) is 5.91 Å². The van der Waals surface area contributed by atoms with Gasteiger partial charge in [-0.05, 0) is 18.8 Å². The number of likely N-dealkylation sites (tertiary alicyclic amines) is 1. The first kappa shape index (κ1) is 12.3. The van der Waals surface area contributed by atoms with Gasteiger partial charge in [0.25, 0.3) is 0 Å². The maximum atomic E-state index is 11.9. The first-order valence-electron chi connectivity index (χ1n) is 5.83. The molecule has 0 saturated carbocycles. The third kappa shape index (κ3) is 3.42. The van der Waals surface area contributed by atoms with Crippen LogP contribution in [0.3, 0.4) is 0 Å². The zero-order chi connectivity index (χ0) is 11.4. The molecule has 5 heteroatoms. The van der Waals surface area contributed by atoms with Crippen molar-refractivity contribution in [2.45, 2.75) is 19.8 Å². The van der Waals surface area contributed by atoms with E-state index in [1.165, 1.54) is 0 Å². The Morgan fingerprint density at radius 2 is 2.31 bits per heavy atom. The Morgan fingerprint density at radius 3 is 2.94 bits per heavy atom. The number of carbonyl (C=O) groups excluding carboxylic acids is 1. The Kier molecular flexibility index (Phi) is 4.58. The Labute approximate surface area is 105 Å². The van der Waals surface area contributed by atoms with Gasteiger partial charge < -0.3 is 4.90 Å². The Balaban J connectivity index is 1.71. The van der Waals surface area contributed by atoms with E-state index in [2.05, 4.69) is 11.9 Å². The SMILES string of the molecule is CC1CCN(C(=O)CSC2=NCCS2)CC1. The molecule has 2 heterocycles. The van der Waals surface area contributed by atoms with Crippen LogP contribution in [0.4, 0.5) is 0 Å². The molecular weight excluding hydrogens is 240 g/mol. The summed E-state index contributed by atoms with van der Waals surface area (Å²) in [4.78, 5) is 18.2. The summed E-state index contributed by atoms with van der Waals surface area (Å²) in [5.74, 6) is 2.72. The molecule has 2 aliphatic rings. The second kappa shape index (κ2) is 5.96. The molecule has 90 valence electrons. The summed E-state index contributed by atoms with van der Waals surface area (Å²) in [6.45, 7) is 5.07. The van der Waals surface area contributed by atoms with E-state index in [0.717, 1.165) is 48.5 Å². The molecule has 1 fully saturated rings. The second-order valence-electron chi connectivity index (χ2n) is 4.35. The van der Waals surface area contributed by atoms with E-state index >= 15 is 0 Å². The van der Waals surface area contributed by atoms with Crippen LogP contribution in [0.2, 0.25) is 0 Å². The summed E-state index contributed by atoms with van der Waals surface area (Å²) in [6, 6.07) is 0. The van der Waals surface area contributed by atoms with Crippen LogP contribution in [0, 0.1) is 5.92 Å². The molecule has 0 bridgehead atoms. The fourth-order valence-corrected chi connectivity index (χ4v) is 3.79. The maximum Gasteiger partial charge on any atom is 0.233 e. The van der Waals surface area contributed by atoms with Crippen LogP contribution in [0.25, 0.3) is 0 Å². The molecule has 0 aliphatic carbocycles. The van der Waals surface area contributed by atoms with E-state index in [4.69, 9.17) is 0 Å². The molecule has 0 spiro atoms. The van der Waals surface area contributed by atoms with Crippen LogP contribution < -0.4 is 0 Å². The van der Waals surface area contributed by atoms with Crippen LogP contribution >= 0.6 is 23.5 Å². The van der Waals surface area contributed by atoms with Crippen molar-refractivity contribution in [2.75, 3.05) is 31.1 Å². The topological polar surface area (TPSA) is 32.7 Å². The van der Waals surface area contributed by atoms with Crippen molar-refractivity contribution in [3.05, 3.63) is 0 Å². The quantitative estimate of drug-likeness (QED) is 0.760. The predicted molar refractivity (Wildman–Crippen MR) is 72.2 cm³/mol. The van der Waals surface area contributed by atoms with Crippen LogP contribution in [0.5, 0.6) is 0 Å². The third-order valence-corrected chi connectivity index (χ3v) is 5.25. The summed E-state index contributed by atoms with van der Waals surface area (Å²) < 4.78 is 1.10. The summed E-state index contributed by atoms with van der Waals surface area (Å²) in [5, 5.41) is 0. The number of nitrogens with zero attached hydrogens (tertiary/aromatic N) is 2. The van der Waals surface area contributed by atoms with Crippen LogP contribution in [-0.4, -0.2) is 46.3 Å². The first-order valence-corrected chi connectivity index (χ1v) is 7.80. The van der Waals surface area contributed by atoms with Crippen LogP contribution in [0.15, 0.2) is 4.99 Å². The lowest BCUT2D eigenvalue weighted by molar-refractivity contribution is -0.129. The molecule has 16 heavy (non-hydrogen) atoms. The van der Waals surface area contributed by atoms with Gasteiger partial charge in [-0.1, -0.05) is 30.4 Å². The van der Waals surface area contributed by atoms with Gasteiger partial charge >= 0.3 is 0 Å². The highest BCUT2D eigenvalue weighted by Gasteiger charge is 2.20. The highest BCUT2D eigenvalue weighted by molar-refractivity contribution is 8.39. The molecular formula is C11H18N2OS2. The van der Waals surface area contributed by atoms with E-state index in [1.807, 2.05) is 4.90 Å². The fourth-order valence-electron chi connectivity index (χ4n) is 1.88. The lowest BCUT2D eigenvalue weighted by Crippen LogP contribution is -2.39. The Hall–Kier alpha value is -0.160. The minimum Gasteiger partial charge on any atom is -0.342 e. The number of piperidine rings is 1. The molecule has 0 atom stereocenters. The fraction of sp³-hybridized carbons (Fsp3) is 0.818. The summed E-state index contributed by atoms with van der Waals surface area (Å²) in [6.07, 6.45) is 2.32. The molecule has 0 aromatic rings. The van der Waals surface area contributed by atoms with E-state index in [1.54, 1.807) is 23.5 Å². The van der Waals surface area contributed by atoms with Crippen molar-refractivity contribution in [3.8, 4) is 0 Å². The van der Waals surface area contributed by atoms with Crippen LogP contribution in [-0.2, 0) is 4.79 Å². The number of aliphatic imine (C=N–C) groups is 1. The van der Waals surface area contributed by atoms with Gasteiger partial charge in [0.1, 0.15) is 4.38 Å². The standard InChI is InChI=1S/C11H18N2OS2/c1-9-2-5-13(6-3-9)10(14)8-16-11-12-4-7-15-11/h9H,2-8H2,1H3. The molecule has 0 unspecified atom stereocenters. The highest BCUT2D eigenvalue weighted by atomic mass is 32.2. The van der Waals surface area contributed by atoms with Gasteiger partial charge in [-0.25, -0.2) is 0 Å². The predicted octanol–water partition coefficient (Wildman–Crippen LogP) is 2.08. The van der Waals surface area contributed by atoms with Gasteiger partial charge in [0, 0.05) is 18.8 Å². The van der Waals surface area contributed by atoms with Gasteiger partial charge in [0.15, 0.2) is 0 Å². The molecule has 3 nitrogen and oxygen atoms in total. The monoisotopic (exact) mass is 258 g/mol. The van der Waals surface area contributed by atoms with Crippen molar-refractivity contribution in [2.24, 2.45) is 10.9 Å². The molecule has 2 rings (SSSR count). The number of rotatable bonds is 2. The molecule has 1 amide bonds. The zero-order valence-electron chi connectivity index (χ0n) is 9.65. The summed E-state index contributed by atoms with van der Waals surface area (Å²) in [5.41, 5.74) is 0. The maximum absolute atomic E-state index is 11.9. The lowest BCUT2D eigenvalue weighted by Gasteiger charge is -2.30. The first-order chi connectivity index (χ1) is 7.75. The molecule has 0 N–H and O–H groups in total. The molecule has 1 saturated heterocycles. The minimum atomic E-state index is 0.284. The summed E-state index contributed by atoms with van der Waals surface area (Å²) in [7, 11) is 0. The molecule has 0 aromatic heterocycles. The zero-order valence-corrected chi connectivity index (χ0v) is 11.3. The van der Waals surface area contributed by atoms with Crippen molar-refractivity contribution in [3.63, 3.8) is 0 Å². The number of carbonyl (C=O) groups is 1. The molecule has 0 aromatic carbocycles. The highest BCUT2D eigenvalue weighted by Crippen LogP contribution is 2.23. The van der Waals surface area contributed by atoms with Gasteiger partial charge in [0.2, 0.25) is 5.91 Å². The average molecular weight is 258 g/mol. The van der Waals surface area contributed by atoms with Crippen molar-refractivity contribution >= 4 is 33.8 Å². The number of amides is 1. The second-order valence-corrected chi connectivity index (χ2v) is 6.65. The third-order valence-electron chi connectivity index (χ3n) is 3.01. The van der Waals surface area contributed by atoms with Gasteiger partial charge in [-0.2, -0.15) is 0 Å². The van der Waals surface area contributed by atoms with E-state index in [0.29, 0.717) is 5.75 Å². The van der Waals surface area contributed by atoms with Crippen molar-refractivity contribution in [1.82, 2.24) is 4.90 Å². The number of hydrogen-bond acceptors (Lipinski definition) is 4. The molecule has 2 aliphatic heterocycles. The van der Waals surface area contributed by atoms with Gasteiger partial charge in [-0.3, -0.25) is 9.79 Å². The smallest absolute Gasteiger partial charge is 0.233 e. The number of thioether (sulfide) groups is 2. The van der Waals surface area contributed by atoms with Crippen molar-refractivity contribution < 1.29 is 4.79 Å². The summed E-state index contributed by atoms with van der Waals surface area (Å²) >= 11 is 3.38. The Bertz CT molecular complexity index is 286. The van der Waals surface area contributed by atoms with Gasteiger partial charge in [-0.15, -0.1) is 0 Å². The lowest BCUT2D eigenvalue weighted by atomic mass is 9.99. The Morgan fingerprint density at radius 1 is 1.56 bits per heavy atom. The normalized spacial score (nSPS) is 22.3. The largest absolute Gasteiger partial charge is 0.342 e. The van der Waals surface area contributed by atoms with Gasteiger partial charge in [0.05, 0.1) is 12.3 Å².